The van der Waals surface area contributed by atoms with E-state index in [9.17, 15) is 9.59 Å². The van der Waals surface area contributed by atoms with E-state index in [2.05, 4.69) is 4.98 Å². The molecule has 2 aromatic rings. The van der Waals surface area contributed by atoms with E-state index >= 15 is 0 Å². The Bertz CT molecular complexity index is 727. The molecule has 1 N–H and O–H groups in total. The number of carbonyl (C=O) groups is 1. The van der Waals surface area contributed by atoms with E-state index in [1.165, 1.54) is 0 Å². The molecule has 0 spiro atoms. The van der Waals surface area contributed by atoms with Gasteiger partial charge >= 0.3 is 0 Å². The maximum Gasteiger partial charge on any atom is 0.251 e. The fraction of sp³-hybridized carbons (Fsp3) is 0.412. The van der Waals surface area contributed by atoms with Gasteiger partial charge in [-0.2, -0.15) is 0 Å². The maximum absolute atomic E-state index is 12.1. The summed E-state index contributed by atoms with van der Waals surface area (Å²) in [6, 6.07) is 7.91. The number of nitrogens with zero attached hydrogens (tertiary/aromatic N) is 1. The first-order valence-electron chi connectivity index (χ1n) is 7.54. The van der Waals surface area contributed by atoms with Gasteiger partial charge in [-0.25, -0.2) is 0 Å². The number of rotatable bonds is 3. The van der Waals surface area contributed by atoms with Crippen molar-refractivity contribution in [2.45, 2.75) is 32.6 Å². The zero-order valence-electron chi connectivity index (χ0n) is 12.3. The molecule has 0 aliphatic carbocycles. The molecule has 1 aromatic heterocycles. The number of H-pyrrole nitrogens is 1. The van der Waals surface area contributed by atoms with Crippen molar-refractivity contribution in [2.24, 2.45) is 0 Å². The fourth-order valence-electron chi connectivity index (χ4n) is 2.91. The van der Waals surface area contributed by atoms with Gasteiger partial charge in [-0.05, 0) is 49.3 Å². The Kier molecular flexibility index (Phi) is 3.78. The zero-order chi connectivity index (χ0) is 14.8. The van der Waals surface area contributed by atoms with Gasteiger partial charge in [0.25, 0.3) is 5.56 Å². The lowest BCUT2D eigenvalue weighted by atomic mass is 10.1. The predicted molar refractivity (Wildman–Crippen MR) is 83.4 cm³/mol. The third kappa shape index (κ3) is 2.99. The Labute approximate surface area is 123 Å². The highest BCUT2D eigenvalue weighted by Gasteiger charge is 2.17. The van der Waals surface area contributed by atoms with Gasteiger partial charge in [0, 0.05) is 30.6 Å². The van der Waals surface area contributed by atoms with E-state index < -0.39 is 0 Å². The van der Waals surface area contributed by atoms with Crippen LogP contribution in [-0.2, 0) is 11.2 Å². The van der Waals surface area contributed by atoms with Crippen molar-refractivity contribution in [3.05, 3.63) is 45.7 Å². The summed E-state index contributed by atoms with van der Waals surface area (Å²) in [6.45, 7) is 3.73. The van der Waals surface area contributed by atoms with Crippen LogP contribution in [0.25, 0.3) is 10.9 Å². The molecule has 1 aliphatic rings. The average Bonchev–Trinajstić information content (AvgIpc) is 2.99. The maximum atomic E-state index is 12.1. The number of hydrogen-bond donors (Lipinski definition) is 1. The van der Waals surface area contributed by atoms with E-state index in [0.717, 1.165) is 42.4 Å². The van der Waals surface area contributed by atoms with Crippen molar-refractivity contribution in [1.29, 1.82) is 0 Å². The molecule has 4 heteroatoms. The van der Waals surface area contributed by atoms with E-state index in [1.54, 1.807) is 0 Å². The highest BCUT2D eigenvalue weighted by atomic mass is 16.2. The first-order valence-corrected chi connectivity index (χ1v) is 7.54. The topological polar surface area (TPSA) is 53.2 Å². The number of fused-ring (bicyclic) bond motifs is 1. The molecular formula is C17H20N2O2. The summed E-state index contributed by atoms with van der Waals surface area (Å²) in [7, 11) is 0. The molecule has 1 aliphatic heterocycles. The van der Waals surface area contributed by atoms with Gasteiger partial charge in [-0.1, -0.05) is 12.1 Å². The zero-order valence-corrected chi connectivity index (χ0v) is 12.3. The lowest BCUT2D eigenvalue weighted by Gasteiger charge is -2.14. The number of pyridine rings is 1. The summed E-state index contributed by atoms with van der Waals surface area (Å²) in [5.74, 6) is 0.163. The number of aromatic amines is 1. The SMILES string of the molecule is Cc1ccc2cc(CCC(=O)N3CCCC3)c(=O)[nH]c2c1. The number of likely N-dealkylation sites (tertiary alicyclic amines) is 1. The molecule has 0 unspecified atom stereocenters. The van der Waals surface area contributed by atoms with Crippen molar-refractivity contribution in [2.75, 3.05) is 13.1 Å². The van der Waals surface area contributed by atoms with Gasteiger partial charge in [0.1, 0.15) is 0 Å². The molecule has 1 saturated heterocycles. The normalized spacial score (nSPS) is 14.8. The van der Waals surface area contributed by atoms with Crippen LogP contribution in [0.1, 0.15) is 30.4 Å². The van der Waals surface area contributed by atoms with Crippen LogP contribution in [0.2, 0.25) is 0 Å². The Morgan fingerprint density at radius 2 is 2.00 bits per heavy atom. The van der Waals surface area contributed by atoms with Gasteiger partial charge in [-0.3, -0.25) is 9.59 Å². The van der Waals surface area contributed by atoms with E-state index in [4.69, 9.17) is 0 Å². The minimum absolute atomic E-state index is 0.0812. The van der Waals surface area contributed by atoms with Crippen molar-refractivity contribution >= 4 is 16.8 Å². The van der Waals surface area contributed by atoms with E-state index in [-0.39, 0.29) is 11.5 Å². The van der Waals surface area contributed by atoms with Crippen molar-refractivity contribution in [3.63, 3.8) is 0 Å². The van der Waals surface area contributed by atoms with Gasteiger partial charge in [0.15, 0.2) is 0 Å². The number of carbonyl (C=O) groups excluding carboxylic acids is 1. The van der Waals surface area contributed by atoms with Crippen LogP contribution in [0.3, 0.4) is 0 Å². The Hall–Kier alpha value is -2.10. The highest BCUT2D eigenvalue weighted by molar-refractivity contribution is 5.80. The predicted octanol–water partition coefficient (Wildman–Crippen LogP) is 2.39. The molecule has 0 atom stereocenters. The van der Waals surface area contributed by atoms with Crippen molar-refractivity contribution in [3.8, 4) is 0 Å². The van der Waals surface area contributed by atoms with Gasteiger partial charge < -0.3 is 9.88 Å². The summed E-state index contributed by atoms with van der Waals surface area (Å²) >= 11 is 0. The number of benzene rings is 1. The third-order valence-electron chi connectivity index (χ3n) is 4.15. The van der Waals surface area contributed by atoms with Crippen LogP contribution in [0.15, 0.2) is 29.1 Å². The third-order valence-corrected chi connectivity index (χ3v) is 4.15. The molecule has 2 heterocycles. The van der Waals surface area contributed by atoms with Crippen LogP contribution in [0, 0.1) is 6.92 Å². The molecule has 21 heavy (non-hydrogen) atoms. The number of amides is 1. The summed E-state index contributed by atoms with van der Waals surface area (Å²) in [4.78, 5) is 29.0. The largest absolute Gasteiger partial charge is 0.343 e. The summed E-state index contributed by atoms with van der Waals surface area (Å²) in [5.41, 5.74) is 2.59. The Balaban J connectivity index is 1.77. The fourth-order valence-corrected chi connectivity index (χ4v) is 2.91. The second-order valence-electron chi connectivity index (χ2n) is 5.80. The van der Waals surface area contributed by atoms with Gasteiger partial charge in [-0.15, -0.1) is 0 Å². The molecule has 110 valence electrons. The second-order valence-corrected chi connectivity index (χ2v) is 5.80. The standard InChI is InChI=1S/C17H20N2O2/c1-12-4-5-13-11-14(17(21)18-15(13)10-12)6-7-16(20)19-8-2-3-9-19/h4-5,10-11H,2-3,6-9H2,1H3,(H,18,21). The minimum atomic E-state index is -0.0812. The van der Waals surface area contributed by atoms with Crippen LogP contribution >= 0.6 is 0 Å². The molecule has 1 amide bonds. The van der Waals surface area contributed by atoms with E-state index in [0.29, 0.717) is 18.4 Å². The molecular weight excluding hydrogens is 264 g/mol. The number of aromatic nitrogens is 1. The summed E-state index contributed by atoms with van der Waals surface area (Å²) in [6.07, 6.45) is 3.12. The van der Waals surface area contributed by atoms with Crippen molar-refractivity contribution < 1.29 is 4.79 Å². The second kappa shape index (κ2) is 5.72. The number of nitrogens with one attached hydrogen (secondary N) is 1. The van der Waals surface area contributed by atoms with Crippen molar-refractivity contribution in [1.82, 2.24) is 9.88 Å². The number of hydrogen-bond acceptors (Lipinski definition) is 2. The summed E-state index contributed by atoms with van der Waals surface area (Å²) < 4.78 is 0. The lowest BCUT2D eigenvalue weighted by molar-refractivity contribution is -0.130. The molecule has 0 bridgehead atoms. The van der Waals surface area contributed by atoms with Crippen LogP contribution in [-0.4, -0.2) is 28.9 Å². The van der Waals surface area contributed by atoms with Gasteiger partial charge in [0.2, 0.25) is 5.91 Å². The highest BCUT2D eigenvalue weighted by Crippen LogP contribution is 2.15. The molecule has 3 rings (SSSR count). The molecule has 0 saturated carbocycles. The van der Waals surface area contributed by atoms with Gasteiger partial charge in [0.05, 0.1) is 0 Å². The quantitative estimate of drug-likeness (QED) is 0.941. The lowest BCUT2D eigenvalue weighted by Crippen LogP contribution is -2.28. The first-order chi connectivity index (χ1) is 10.1. The monoisotopic (exact) mass is 284 g/mol. The van der Waals surface area contributed by atoms with Crippen LogP contribution in [0.4, 0.5) is 0 Å². The average molecular weight is 284 g/mol. The van der Waals surface area contributed by atoms with E-state index in [1.807, 2.05) is 36.1 Å². The molecule has 4 nitrogen and oxygen atoms in total. The molecule has 0 radical (unpaired) electrons. The molecule has 1 fully saturated rings. The summed E-state index contributed by atoms with van der Waals surface area (Å²) in [5, 5.41) is 1.02. The Morgan fingerprint density at radius 1 is 1.24 bits per heavy atom. The minimum Gasteiger partial charge on any atom is -0.343 e. The Morgan fingerprint density at radius 3 is 2.76 bits per heavy atom. The molecule has 1 aromatic carbocycles. The van der Waals surface area contributed by atoms with Crippen LogP contribution in [0.5, 0.6) is 0 Å². The smallest absolute Gasteiger partial charge is 0.251 e. The number of aryl methyl sites for hydroxylation is 2. The van der Waals surface area contributed by atoms with Crippen LogP contribution < -0.4 is 5.56 Å². The first kappa shape index (κ1) is 13.9.